The van der Waals surface area contributed by atoms with Crippen LogP contribution in [-0.4, -0.2) is 37.5 Å². The molecule has 1 aliphatic heterocycles. The molecule has 1 N–H and O–H groups in total. The van der Waals surface area contributed by atoms with E-state index in [0.29, 0.717) is 13.1 Å². The molecule has 0 unspecified atom stereocenters. The molecular formula is C23H31N3O. The average Bonchev–Trinajstić information content (AvgIpc) is 2.68. The molecular weight excluding hydrogens is 334 g/mol. The summed E-state index contributed by atoms with van der Waals surface area (Å²) in [5.74, 6) is 0.0659. The first kappa shape index (κ1) is 19.4. The van der Waals surface area contributed by atoms with Crippen molar-refractivity contribution in [2.45, 2.75) is 39.3 Å². The van der Waals surface area contributed by atoms with E-state index in [0.717, 1.165) is 19.6 Å². The first-order chi connectivity index (χ1) is 13.1. The lowest BCUT2D eigenvalue weighted by Gasteiger charge is -2.31. The number of hydrogen-bond donors (Lipinski definition) is 1. The van der Waals surface area contributed by atoms with Crippen molar-refractivity contribution in [2.24, 2.45) is 0 Å². The Kier molecular flexibility index (Phi) is 6.88. The van der Waals surface area contributed by atoms with Gasteiger partial charge in [0.1, 0.15) is 0 Å². The minimum absolute atomic E-state index is 0.0659. The number of piperidine rings is 1. The number of hydrogen-bond acceptors (Lipinski definition) is 3. The van der Waals surface area contributed by atoms with E-state index >= 15 is 0 Å². The van der Waals surface area contributed by atoms with Crippen LogP contribution in [0.2, 0.25) is 0 Å². The topological polar surface area (TPSA) is 35.6 Å². The number of nitrogens with zero attached hydrogens (tertiary/aromatic N) is 2. The van der Waals surface area contributed by atoms with Gasteiger partial charge in [-0.25, -0.2) is 0 Å². The molecule has 4 nitrogen and oxygen atoms in total. The minimum atomic E-state index is 0.0659. The van der Waals surface area contributed by atoms with Crippen LogP contribution >= 0.6 is 0 Å². The number of amides is 1. The highest BCUT2D eigenvalue weighted by Crippen LogP contribution is 2.25. The van der Waals surface area contributed by atoms with Gasteiger partial charge in [-0.05, 0) is 56.0 Å². The fraction of sp³-hybridized carbons (Fsp3) is 0.435. The Balaban J connectivity index is 1.54. The molecule has 1 saturated heterocycles. The third-order valence-electron chi connectivity index (χ3n) is 5.28. The minimum Gasteiger partial charge on any atom is -0.371 e. The summed E-state index contributed by atoms with van der Waals surface area (Å²) < 4.78 is 0. The van der Waals surface area contributed by atoms with Gasteiger partial charge in [0.2, 0.25) is 5.91 Å². The fourth-order valence-corrected chi connectivity index (χ4v) is 3.74. The van der Waals surface area contributed by atoms with Crippen LogP contribution in [0.3, 0.4) is 0 Å². The lowest BCUT2D eigenvalue weighted by Crippen LogP contribution is -2.35. The van der Waals surface area contributed by atoms with Crippen LogP contribution in [0.5, 0.6) is 0 Å². The van der Waals surface area contributed by atoms with Crippen molar-refractivity contribution in [3.8, 4) is 0 Å². The molecule has 0 spiro atoms. The Morgan fingerprint density at radius 2 is 1.67 bits per heavy atom. The van der Waals surface area contributed by atoms with Gasteiger partial charge in [-0.15, -0.1) is 0 Å². The highest BCUT2D eigenvalue weighted by atomic mass is 16.2. The van der Waals surface area contributed by atoms with Crippen molar-refractivity contribution >= 4 is 11.6 Å². The smallest absolute Gasteiger partial charge is 0.234 e. The lowest BCUT2D eigenvalue weighted by molar-refractivity contribution is -0.122. The number of benzene rings is 2. The molecule has 1 heterocycles. The Hall–Kier alpha value is -2.33. The van der Waals surface area contributed by atoms with Crippen molar-refractivity contribution in [1.82, 2.24) is 10.2 Å². The van der Waals surface area contributed by atoms with E-state index in [1.165, 1.54) is 41.6 Å². The van der Waals surface area contributed by atoms with Gasteiger partial charge in [0.25, 0.3) is 0 Å². The zero-order chi connectivity index (χ0) is 19.1. The first-order valence-electron chi connectivity index (χ1n) is 9.96. The Morgan fingerprint density at radius 3 is 2.41 bits per heavy atom. The number of anilines is 1. The second-order valence-electron chi connectivity index (χ2n) is 7.55. The second kappa shape index (κ2) is 9.56. The molecule has 0 bridgehead atoms. The maximum Gasteiger partial charge on any atom is 0.234 e. The molecule has 1 amide bonds. The predicted octanol–water partition coefficient (Wildman–Crippen LogP) is 3.73. The zero-order valence-electron chi connectivity index (χ0n) is 16.6. The molecule has 3 rings (SSSR count). The molecule has 1 aliphatic rings. The molecule has 0 aliphatic carbocycles. The van der Waals surface area contributed by atoms with Crippen LogP contribution < -0.4 is 10.2 Å². The normalized spacial score (nSPS) is 14.4. The summed E-state index contributed by atoms with van der Waals surface area (Å²) in [5.41, 5.74) is 5.00. The number of likely N-dealkylation sites (N-methyl/N-ethyl adjacent to an activating group) is 1. The molecule has 4 heteroatoms. The largest absolute Gasteiger partial charge is 0.371 e. The van der Waals surface area contributed by atoms with Crippen LogP contribution in [0.4, 0.5) is 5.69 Å². The third kappa shape index (κ3) is 5.57. The van der Waals surface area contributed by atoms with Crippen LogP contribution in [0, 0.1) is 6.92 Å². The number of para-hydroxylation sites is 1. The summed E-state index contributed by atoms with van der Waals surface area (Å²) in [6.07, 6.45) is 3.87. The van der Waals surface area contributed by atoms with Gasteiger partial charge >= 0.3 is 0 Å². The molecule has 0 radical (unpaired) electrons. The summed E-state index contributed by atoms with van der Waals surface area (Å²) in [6.45, 7) is 6.12. The van der Waals surface area contributed by atoms with Gasteiger partial charge in [-0.1, -0.05) is 42.5 Å². The number of carbonyl (C=O) groups is 1. The number of nitrogens with one attached hydrogen (secondary N) is 1. The van der Waals surface area contributed by atoms with Crippen molar-refractivity contribution in [3.05, 3.63) is 65.2 Å². The zero-order valence-corrected chi connectivity index (χ0v) is 16.6. The highest BCUT2D eigenvalue weighted by molar-refractivity contribution is 5.78. The van der Waals surface area contributed by atoms with E-state index in [4.69, 9.17) is 0 Å². The van der Waals surface area contributed by atoms with E-state index in [-0.39, 0.29) is 5.91 Å². The maximum atomic E-state index is 12.4. The van der Waals surface area contributed by atoms with Crippen molar-refractivity contribution < 1.29 is 4.79 Å². The molecule has 0 saturated carbocycles. The second-order valence-corrected chi connectivity index (χ2v) is 7.55. The van der Waals surface area contributed by atoms with E-state index in [2.05, 4.69) is 58.4 Å². The van der Waals surface area contributed by atoms with Gasteiger partial charge in [0, 0.05) is 31.9 Å². The summed E-state index contributed by atoms with van der Waals surface area (Å²) in [6, 6.07) is 16.8. The predicted molar refractivity (Wildman–Crippen MR) is 112 cm³/mol. The SMILES string of the molecule is Cc1ccccc1CNC(=O)CN(C)Cc1ccccc1N1CCCCC1. The standard InChI is InChI=1S/C23H31N3O/c1-19-10-4-5-11-20(19)16-24-23(27)18-25(2)17-21-12-6-7-13-22(21)26-14-8-3-9-15-26/h4-7,10-13H,3,8-9,14-18H2,1-2H3,(H,24,27). The van der Waals surface area contributed by atoms with Crippen LogP contribution in [0.25, 0.3) is 0 Å². The quantitative estimate of drug-likeness (QED) is 0.812. The molecule has 1 fully saturated rings. The molecule has 144 valence electrons. The van der Waals surface area contributed by atoms with Gasteiger partial charge in [-0.2, -0.15) is 0 Å². The fourth-order valence-electron chi connectivity index (χ4n) is 3.74. The number of aryl methyl sites for hydroxylation is 1. The van der Waals surface area contributed by atoms with Crippen LogP contribution in [0.15, 0.2) is 48.5 Å². The number of carbonyl (C=O) groups excluding carboxylic acids is 1. The monoisotopic (exact) mass is 365 g/mol. The van der Waals surface area contributed by atoms with Crippen molar-refractivity contribution in [3.63, 3.8) is 0 Å². The highest BCUT2D eigenvalue weighted by Gasteiger charge is 2.15. The first-order valence-corrected chi connectivity index (χ1v) is 9.96. The van der Waals surface area contributed by atoms with Crippen molar-refractivity contribution in [2.75, 3.05) is 31.6 Å². The summed E-state index contributed by atoms with van der Waals surface area (Å²) in [5, 5.41) is 3.04. The van der Waals surface area contributed by atoms with E-state index < -0.39 is 0 Å². The van der Waals surface area contributed by atoms with E-state index in [1.807, 2.05) is 19.2 Å². The van der Waals surface area contributed by atoms with Gasteiger partial charge in [0.15, 0.2) is 0 Å². The molecule has 2 aromatic rings. The van der Waals surface area contributed by atoms with E-state index in [9.17, 15) is 4.79 Å². The van der Waals surface area contributed by atoms with Gasteiger partial charge in [-0.3, -0.25) is 9.69 Å². The maximum absolute atomic E-state index is 12.4. The Labute approximate surface area is 163 Å². The van der Waals surface area contributed by atoms with Gasteiger partial charge in [0.05, 0.1) is 6.54 Å². The third-order valence-corrected chi connectivity index (χ3v) is 5.28. The molecule has 27 heavy (non-hydrogen) atoms. The average molecular weight is 366 g/mol. The molecule has 0 atom stereocenters. The van der Waals surface area contributed by atoms with E-state index in [1.54, 1.807) is 0 Å². The molecule has 0 aromatic heterocycles. The Bertz CT molecular complexity index is 753. The lowest BCUT2D eigenvalue weighted by atomic mass is 10.1. The summed E-state index contributed by atoms with van der Waals surface area (Å²) >= 11 is 0. The van der Waals surface area contributed by atoms with Gasteiger partial charge < -0.3 is 10.2 Å². The van der Waals surface area contributed by atoms with Crippen LogP contribution in [0.1, 0.15) is 36.0 Å². The molecule has 2 aromatic carbocycles. The van der Waals surface area contributed by atoms with Crippen LogP contribution in [-0.2, 0) is 17.9 Å². The summed E-state index contributed by atoms with van der Waals surface area (Å²) in [7, 11) is 2.01. The van der Waals surface area contributed by atoms with Crippen molar-refractivity contribution in [1.29, 1.82) is 0 Å². The summed E-state index contributed by atoms with van der Waals surface area (Å²) in [4.78, 5) is 16.9. The number of rotatable bonds is 7. The Morgan fingerprint density at radius 1 is 1.00 bits per heavy atom.